The highest BCUT2D eigenvalue weighted by atomic mass is 32.2. The minimum atomic E-state index is -0.402. The van der Waals surface area contributed by atoms with Crippen LogP contribution in [0.2, 0.25) is 0 Å². The largest absolute Gasteiger partial charge is 0.361 e. The molecule has 0 radical (unpaired) electrons. The van der Waals surface area contributed by atoms with Gasteiger partial charge in [-0.05, 0) is 55.3 Å². The van der Waals surface area contributed by atoms with Gasteiger partial charge in [0.05, 0.1) is 5.75 Å². The van der Waals surface area contributed by atoms with E-state index in [0.29, 0.717) is 28.7 Å². The summed E-state index contributed by atoms with van der Waals surface area (Å²) < 4.78 is 13.0. The second kappa shape index (κ2) is 10.6. The summed E-state index contributed by atoms with van der Waals surface area (Å²) in [5, 5.41) is 15.6. The molecular formula is C23H22FN5O2S2. The Labute approximate surface area is 198 Å². The molecule has 0 bridgehead atoms. The molecule has 2 amide bonds. The maximum absolute atomic E-state index is 13.0. The highest BCUT2D eigenvalue weighted by molar-refractivity contribution is 7.99. The number of aromatic amines is 1. The van der Waals surface area contributed by atoms with Crippen LogP contribution in [0, 0.1) is 12.7 Å². The van der Waals surface area contributed by atoms with Crippen LogP contribution in [0.1, 0.15) is 25.9 Å². The predicted octanol–water partition coefficient (Wildman–Crippen LogP) is 4.31. The summed E-state index contributed by atoms with van der Waals surface area (Å²) in [5.41, 5.74) is 3.96. The molecule has 170 valence electrons. The lowest BCUT2D eigenvalue weighted by atomic mass is 10.1. The summed E-state index contributed by atoms with van der Waals surface area (Å²) in [6.45, 7) is 2.63. The van der Waals surface area contributed by atoms with E-state index in [1.54, 1.807) is 0 Å². The molecule has 4 rings (SSSR count). The molecule has 7 nitrogen and oxygen atoms in total. The van der Waals surface area contributed by atoms with Crippen LogP contribution in [-0.2, 0) is 17.0 Å². The molecule has 3 N–H and O–H groups in total. The monoisotopic (exact) mass is 483 g/mol. The molecule has 0 saturated carbocycles. The van der Waals surface area contributed by atoms with E-state index in [2.05, 4.69) is 50.9 Å². The number of aromatic nitrogens is 3. The number of carbonyl (C=O) groups is 2. The van der Waals surface area contributed by atoms with E-state index in [1.165, 1.54) is 63.9 Å². The third-order valence-corrected chi connectivity index (χ3v) is 6.91. The molecule has 10 heteroatoms. The second-order valence-electron chi connectivity index (χ2n) is 7.42. The van der Waals surface area contributed by atoms with Gasteiger partial charge in [0.2, 0.25) is 10.9 Å². The van der Waals surface area contributed by atoms with Gasteiger partial charge in [-0.1, -0.05) is 23.0 Å². The molecule has 0 fully saturated rings. The van der Waals surface area contributed by atoms with Crippen molar-refractivity contribution in [3.8, 4) is 0 Å². The zero-order valence-corrected chi connectivity index (χ0v) is 19.5. The van der Waals surface area contributed by atoms with Gasteiger partial charge in [-0.15, -0.1) is 22.0 Å². The van der Waals surface area contributed by atoms with Crippen LogP contribution >= 0.6 is 23.1 Å². The minimum absolute atomic E-state index is 0.0465. The predicted molar refractivity (Wildman–Crippen MR) is 130 cm³/mol. The van der Waals surface area contributed by atoms with Gasteiger partial charge in [-0.25, -0.2) is 4.39 Å². The number of nitrogens with one attached hydrogen (secondary N) is 3. The molecule has 2 aromatic carbocycles. The third-order valence-electron chi connectivity index (χ3n) is 4.86. The Balaban J connectivity index is 1.18. The molecular weight excluding hydrogens is 461 g/mol. The summed E-state index contributed by atoms with van der Waals surface area (Å²) >= 11 is 2.58. The quantitative estimate of drug-likeness (QED) is 0.329. The van der Waals surface area contributed by atoms with Gasteiger partial charge in [-0.3, -0.25) is 9.59 Å². The van der Waals surface area contributed by atoms with Gasteiger partial charge in [-0.2, -0.15) is 0 Å². The smallest absolute Gasteiger partial charge is 0.286 e. The Morgan fingerprint density at radius 1 is 1.15 bits per heavy atom. The summed E-state index contributed by atoms with van der Waals surface area (Å²) in [6, 6.07) is 11.8. The van der Waals surface area contributed by atoms with Crippen molar-refractivity contribution in [2.45, 2.75) is 19.1 Å². The number of carbonyl (C=O) groups excluding carboxylic acids is 2. The van der Waals surface area contributed by atoms with Crippen LogP contribution < -0.4 is 10.6 Å². The van der Waals surface area contributed by atoms with Crippen LogP contribution in [0.4, 0.5) is 10.1 Å². The van der Waals surface area contributed by atoms with Crippen molar-refractivity contribution >= 4 is 51.5 Å². The van der Waals surface area contributed by atoms with Crippen molar-refractivity contribution < 1.29 is 14.0 Å². The van der Waals surface area contributed by atoms with Crippen molar-refractivity contribution in [2.75, 3.05) is 17.6 Å². The Kier molecular flexibility index (Phi) is 7.36. The first-order valence-corrected chi connectivity index (χ1v) is 12.3. The van der Waals surface area contributed by atoms with E-state index < -0.39 is 5.91 Å². The lowest BCUT2D eigenvalue weighted by Gasteiger charge is -2.04. The highest BCUT2D eigenvalue weighted by Crippen LogP contribution is 2.20. The van der Waals surface area contributed by atoms with Gasteiger partial charge in [0.25, 0.3) is 5.91 Å². The molecule has 0 unspecified atom stereocenters. The number of thioether (sulfide) groups is 1. The number of anilines is 1. The molecule has 0 saturated heterocycles. The van der Waals surface area contributed by atoms with Gasteiger partial charge < -0.3 is 15.6 Å². The average Bonchev–Trinajstić information content (AvgIpc) is 3.43. The van der Waals surface area contributed by atoms with E-state index in [-0.39, 0.29) is 16.7 Å². The first-order valence-electron chi connectivity index (χ1n) is 10.3. The Bertz CT molecular complexity index is 1270. The first-order chi connectivity index (χ1) is 16.0. The molecule has 4 aromatic rings. The van der Waals surface area contributed by atoms with Crippen LogP contribution in [0.15, 0.2) is 48.7 Å². The number of amides is 2. The van der Waals surface area contributed by atoms with Crippen molar-refractivity contribution in [3.05, 3.63) is 75.6 Å². The molecule has 2 aromatic heterocycles. The number of rotatable bonds is 9. The van der Waals surface area contributed by atoms with E-state index in [4.69, 9.17) is 0 Å². The van der Waals surface area contributed by atoms with Crippen molar-refractivity contribution in [1.29, 1.82) is 0 Å². The number of benzene rings is 2. The second-order valence-corrected chi connectivity index (χ2v) is 9.47. The van der Waals surface area contributed by atoms with E-state index in [9.17, 15) is 14.0 Å². The van der Waals surface area contributed by atoms with Crippen LogP contribution in [0.25, 0.3) is 10.9 Å². The van der Waals surface area contributed by atoms with Crippen LogP contribution in [0.5, 0.6) is 0 Å². The third kappa shape index (κ3) is 6.17. The lowest BCUT2D eigenvalue weighted by molar-refractivity contribution is -0.118. The van der Waals surface area contributed by atoms with Crippen LogP contribution in [0.3, 0.4) is 0 Å². The normalized spacial score (nSPS) is 11.0. The molecule has 0 aliphatic heterocycles. The van der Waals surface area contributed by atoms with Gasteiger partial charge >= 0.3 is 0 Å². The van der Waals surface area contributed by atoms with Gasteiger partial charge in [0.1, 0.15) is 10.8 Å². The van der Waals surface area contributed by atoms with Crippen molar-refractivity contribution in [2.24, 2.45) is 0 Å². The van der Waals surface area contributed by atoms with Crippen molar-refractivity contribution in [1.82, 2.24) is 20.5 Å². The fraction of sp³-hybridized carbons (Fsp3) is 0.217. The van der Waals surface area contributed by atoms with E-state index >= 15 is 0 Å². The fourth-order valence-corrected chi connectivity index (χ4v) is 4.88. The van der Waals surface area contributed by atoms with E-state index in [1.807, 2.05) is 6.20 Å². The molecule has 33 heavy (non-hydrogen) atoms. The van der Waals surface area contributed by atoms with Gasteiger partial charge in [0, 0.05) is 35.1 Å². The number of aryl methyl sites for hydroxylation is 1. The Morgan fingerprint density at radius 3 is 2.79 bits per heavy atom. The topological polar surface area (TPSA) is 99.8 Å². The maximum Gasteiger partial charge on any atom is 0.286 e. The SMILES string of the molecule is Cc1ccc2[nH]cc(CCNC(=O)CSCc3nnc(C(=O)Nc4ccc(F)cc4)s3)c2c1. The summed E-state index contributed by atoms with van der Waals surface area (Å²) in [5.74, 6) is -0.0453. The molecule has 0 aliphatic rings. The molecule has 0 atom stereocenters. The van der Waals surface area contributed by atoms with Crippen LogP contribution in [-0.4, -0.2) is 39.3 Å². The zero-order chi connectivity index (χ0) is 23.2. The molecule has 2 heterocycles. The summed E-state index contributed by atoms with van der Waals surface area (Å²) in [4.78, 5) is 27.7. The van der Waals surface area contributed by atoms with E-state index in [0.717, 1.165) is 11.9 Å². The van der Waals surface area contributed by atoms with Gasteiger partial charge in [0.15, 0.2) is 0 Å². The molecule has 0 spiro atoms. The Morgan fingerprint density at radius 2 is 1.97 bits per heavy atom. The average molecular weight is 484 g/mol. The minimum Gasteiger partial charge on any atom is -0.361 e. The first kappa shape index (κ1) is 22.9. The maximum atomic E-state index is 13.0. The summed E-state index contributed by atoms with van der Waals surface area (Å²) in [7, 11) is 0. The zero-order valence-electron chi connectivity index (χ0n) is 17.9. The lowest BCUT2D eigenvalue weighted by Crippen LogP contribution is -2.27. The molecule has 0 aliphatic carbocycles. The number of hydrogen-bond donors (Lipinski definition) is 3. The van der Waals surface area contributed by atoms with Crippen molar-refractivity contribution in [3.63, 3.8) is 0 Å². The number of nitrogens with zero attached hydrogens (tertiary/aromatic N) is 2. The standard InChI is InChI=1S/C23H22FN5O2S2/c1-14-2-7-19-18(10-14)15(11-26-19)8-9-25-20(30)12-32-13-21-28-29-23(33-21)22(31)27-17-5-3-16(24)4-6-17/h2-7,10-11,26H,8-9,12-13H2,1H3,(H,25,30)(H,27,31). The summed E-state index contributed by atoms with van der Waals surface area (Å²) in [6.07, 6.45) is 2.74. The highest BCUT2D eigenvalue weighted by Gasteiger charge is 2.14. The fourth-order valence-electron chi connectivity index (χ4n) is 3.24. The number of hydrogen-bond acceptors (Lipinski definition) is 6. The number of H-pyrrole nitrogens is 1. The number of fused-ring (bicyclic) bond motifs is 1. The Hall–Kier alpha value is -3.24. The number of halogens is 1.